The SMILES string of the molecule is O=c1[nH][nH][n+](O)c1-c1ccccc1. The number of H-pyrrole nitrogens is 2. The highest BCUT2D eigenvalue weighted by Gasteiger charge is 2.16. The predicted octanol–water partition coefficient (Wildman–Crippen LogP) is -0.105. The normalized spacial score (nSPS) is 10.2. The summed E-state index contributed by atoms with van der Waals surface area (Å²) >= 11 is 0. The van der Waals surface area contributed by atoms with Crippen molar-refractivity contribution in [3.05, 3.63) is 40.7 Å². The van der Waals surface area contributed by atoms with Gasteiger partial charge in [0.2, 0.25) is 0 Å². The number of hydrogen-bond acceptors (Lipinski definition) is 2. The van der Waals surface area contributed by atoms with Gasteiger partial charge in [-0.3, -0.25) is 0 Å². The van der Waals surface area contributed by atoms with E-state index in [4.69, 9.17) is 0 Å². The molecular weight excluding hydrogens is 170 g/mol. The van der Waals surface area contributed by atoms with Gasteiger partial charge in [-0.25, -0.2) is 4.79 Å². The lowest BCUT2D eigenvalue weighted by molar-refractivity contribution is -0.940. The summed E-state index contributed by atoms with van der Waals surface area (Å²) in [6.45, 7) is 0. The molecule has 0 radical (unpaired) electrons. The van der Waals surface area contributed by atoms with Gasteiger partial charge in [0.1, 0.15) is 0 Å². The molecule has 0 saturated heterocycles. The lowest BCUT2D eigenvalue weighted by Crippen LogP contribution is -2.35. The van der Waals surface area contributed by atoms with Gasteiger partial charge in [-0.15, -0.1) is 5.10 Å². The zero-order valence-electron chi connectivity index (χ0n) is 6.69. The van der Waals surface area contributed by atoms with Gasteiger partial charge in [0, 0.05) is 10.4 Å². The van der Waals surface area contributed by atoms with E-state index in [0.29, 0.717) is 10.4 Å². The van der Waals surface area contributed by atoms with Crippen LogP contribution in [0.4, 0.5) is 0 Å². The molecule has 1 aromatic carbocycles. The Kier molecular flexibility index (Phi) is 1.63. The second-order valence-electron chi connectivity index (χ2n) is 2.59. The molecule has 0 amide bonds. The van der Waals surface area contributed by atoms with E-state index in [2.05, 4.69) is 10.3 Å². The average Bonchev–Trinajstić information content (AvgIpc) is 2.48. The lowest BCUT2D eigenvalue weighted by atomic mass is 10.2. The molecule has 0 bridgehead atoms. The predicted molar refractivity (Wildman–Crippen MR) is 44.2 cm³/mol. The van der Waals surface area contributed by atoms with Crippen LogP contribution < -0.4 is 10.4 Å². The summed E-state index contributed by atoms with van der Waals surface area (Å²) in [4.78, 5) is 11.8. The zero-order valence-corrected chi connectivity index (χ0v) is 6.69. The molecule has 3 N–H and O–H groups in total. The minimum absolute atomic E-state index is 0.195. The van der Waals surface area contributed by atoms with E-state index in [-0.39, 0.29) is 11.3 Å². The summed E-state index contributed by atoms with van der Waals surface area (Å²) in [5.41, 5.74) is 0.502. The van der Waals surface area contributed by atoms with Gasteiger partial charge >= 0.3 is 5.56 Å². The molecule has 0 spiro atoms. The van der Waals surface area contributed by atoms with Crippen LogP contribution in [-0.4, -0.2) is 15.5 Å². The van der Waals surface area contributed by atoms with Crippen molar-refractivity contribution in [2.45, 2.75) is 0 Å². The standard InChI is InChI=1S/C8H7N3O2/c12-8-7(11(13)10-9-8)6-4-2-1-3-5-6/h1-5,12-13H/p+1. The molecular formula is C8H8N3O2+. The minimum atomic E-state index is -0.353. The summed E-state index contributed by atoms with van der Waals surface area (Å²) in [5, 5.41) is 13.8. The maximum atomic E-state index is 11.2. The van der Waals surface area contributed by atoms with E-state index >= 15 is 0 Å². The first-order valence-corrected chi connectivity index (χ1v) is 3.76. The Morgan fingerprint density at radius 2 is 1.92 bits per heavy atom. The van der Waals surface area contributed by atoms with Crippen molar-refractivity contribution < 1.29 is 10.1 Å². The highest BCUT2D eigenvalue weighted by Crippen LogP contribution is 2.08. The van der Waals surface area contributed by atoms with Gasteiger partial charge in [0.05, 0.1) is 0 Å². The Morgan fingerprint density at radius 1 is 1.23 bits per heavy atom. The molecule has 5 nitrogen and oxygen atoms in total. The van der Waals surface area contributed by atoms with E-state index in [0.717, 1.165) is 0 Å². The molecule has 66 valence electrons. The fourth-order valence-corrected chi connectivity index (χ4v) is 1.16. The van der Waals surface area contributed by atoms with E-state index in [1.165, 1.54) is 0 Å². The third-order valence-electron chi connectivity index (χ3n) is 1.75. The molecule has 0 atom stereocenters. The molecule has 0 aliphatic heterocycles. The Morgan fingerprint density at radius 3 is 2.46 bits per heavy atom. The lowest BCUT2D eigenvalue weighted by Gasteiger charge is -1.90. The molecule has 0 unspecified atom stereocenters. The van der Waals surface area contributed by atoms with Crippen molar-refractivity contribution >= 4 is 0 Å². The molecule has 0 fully saturated rings. The Balaban J connectivity index is 2.65. The Bertz CT molecular complexity index is 458. The van der Waals surface area contributed by atoms with Gasteiger partial charge in [-0.1, -0.05) is 35.5 Å². The molecule has 1 aromatic heterocycles. The summed E-state index contributed by atoms with van der Waals surface area (Å²) in [6.07, 6.45) is 0. The maximum absolute atomic E-state index is 11.2. The summed E-state index contributed by atoms with van der Waals surface area (Å²) in [5.74, 6) is 0. The van der Waals surface area contributed by atoms with Crippen LogP contribution in [0.25, 0.3) is 11.3 Å². The first kappa shape index (κ1) is 7.60. The van der Waals surface area contributed by atoms with Crippen molar-refractivity contribution in [1.29, 1.82) is 0 Å². The first-order valence-electron chi connectivity index (χ1n) is 3.76. The number of aromatic amines is 2. The fraction of sp³-hybridized carbons (Fsp3) is 0. The molecule has 2 rings (SSSR count). The number of nitrogens with one attached hydrogen (secondary N) is 2. The number of nitrogens with zero attached hydrogens (tertiary/aromatic N) is 1. The van der Waals surface area contributed by atoms with Gasteiger partial charge in [0.15, 0.2) is 0 Å². The fourth-order valence-electron chi connectivity index (χ4n) is 1.16. The van der Waals surface area contributed by atoms with Crippen LogP contribution in [-0.2, 0) is 0 Å². The van der Waals surface area contributed by atoms with Crippen LogP contribution in [0.3, 0.4) is 0 Å². The summed E-state index contributed by atoms with van der Waals surface area (Å²) in [7, 11) is 0. The van der Waals surface area contributed by atoms with E-state index in [9.17, 15) is 10.0 Å². The van der Waals surface area contributed by atoms with Crippen LogP contribution in [0.2, 0.25) is 0 Å². The van der Waals surface area contributed by atoms with Gasteiger partial charge in [0.25, 0.3) is 5.69 Å². The van der Waals surface area contributed by atoms with Crippen molar-refractivity contribution in [3.8, 4) is 11.3 Å². The maximum Gasteiger partial charge on any atom is 0.403 e. The highest BCUT2D eigenvalue weighted by molar-refractivity contribution is 5.54. The van der Waals surface area contributed by atoms with E-state index in [1.807, 2.05) is 6.07 Å². The topological polar surface area (TPSA) is 72.8 Å². The average molecular weight is 178 g/mol. The monoisotopic (exact) mass is 178 g/mol. The molecule has 0 saturated carbocycles. The third kappa shape index (κ3) is 1.20. The molecule has 0 aliphatic carbocycles. The molecule has 2 aromatic rings. The van der Waals surface area contributed by atoms with Crippen LogP contribution in [0.5, 0.6) is 0 Å². The second kappa shape index (κ2) is 2.78. The van der Waals surface area contributed by atoms with Crippen LogP contribution >= 0.6 is 0 Å². The Hall–Kier alpha value is -2.04. The molecule has 1 heterocycles. The summed E-state index contributed by atoms with van der Waals surface area (Å²) in [6, 6.07) is 8.91. The highest BCUT2D eigenvalue weighted by atomic mass is 16.5. The van der Waals surface area contributed by atoms with Gasteiger partial charge < -0.3 is 5.21 Å². The minimum Gasteiger partial charge on any atom is -0.331 e. The smallest absolute Gasteiger partial charge is 0.331 e. The van der Waals surface area contributed by atoms with Crippen molar-refractivity contribution in [2.75, 3.05) is 0 Å². The van der Waals surface area contributed by atoms with Gasteiger partial charge in [-0.05, 0) is 0 Å². The van der Waals surface area contributed by atoms with Gasteiger partial charge in [-0.2, -0.15) is 0 Å². The van der Waals surface area contributed by atoms with Crippen molar-refractivity contribution in [1.82, 2.24) is 10.3 Å². The second-order valence-corrected chi connectivity index (χ2v) is 2.59. The summed E-state index contributed by atoms with van der Waals surface area (Å²) < 4.78 is 0. The van der Waals surface area contributed by atoms with Crippen LogP contribution in [0.1, 0.15) is 0 Å². The number of rotatable bonds is 1. The van der Waals surface area contributed by atoms with E-state index < -0.39 is 0 Å². The molecule has 5 heteroatoms. The number of hydrogen-bond donors (Lipinski definition) is 3. The third-order valence-corrected chi connectivity index (χ3v) is 1.75. The van der Waals surface area contributed by atoms with Crippen LogP contribution in [0.15, 0.2) is 35.1 Å². The van der Waals surface area contributed by atoms with Crippen LogP contribution in [0, 0.1) is 0 Å². The number of benzene rings is 1. The molecule has 0 aliphatic rings. The van der Waals surface area contributed by atoms with Crippen molar-refractivity contribution in [3.63, 3.8) is 0 Å². The quantitative estimate of drug-likeness (QED) is 0.421. The Labute approximate surface area is 73.2 Å². The van der Waals surface area contributed by atoms with Crippen molar-refractivity contribution in [2.24, 2.45) is 0 Å². The largest absolute Gasteiger partial charge is 0.403 e. The first-order chi connectivity index (χ1) is 6.29. The molecule has 13 heavy (non-hydrogen) atoms. The van der Waals surface area contributed by atoms with E-state index in [1.54, 1.807) is 24.3 Å². The number of aromatic nitrogens is 3. The zero-order chi connectivity index (χ0) is 9.26.